The fraction of sp³-hybridized carbons (Fsp3) is 0.261. The number of benzene rings is 2. The molecule has 7 nitrogen and oxygen atoms in total. The minimum absolute atomic E-state index is 0.0302. The number of fused-ring (bicyclic) bond motifs is 2. The number of nitrogens with zero attached hydrogens (tertiary/aromatic N) is 4. The number of anilines is 2. The summed E-state index contributed by atoms with van der Waals surface area (Å²) in [7, 11) is 0. The number of para-hydroxylation sites is 2. The van der Waals surface area contributed by atoms with Gasteiger partial charge in [0.2, 0.25) is 0 Å². The van der Waals surface area contributed by atoms with Crippen LogP contribution >= 0.6 is 0 Å². The van der Waals surface area contributed by atoms with E-state index in [0.29, 0.717) is 17.6 Å². The normalized spacial score (nSPS) is 14.4. The molecule has 1 atom stereocenters. The predicted molar refractivity (Wildman–Crippen MR) is 119 cm³/mol. The molecule has 30 heavy (non-hydrogen) atoms. The Morgan fingerprint density at radius 3 is 2.73 bits per heavy atom. The third kappa shape index (κ3) is 3.12. The first-order valence-corrected chi connectivity index (χ1v) is 10.3. The smallest absolute Gasteiger partial charge is 0.265 e. The topological polar surface area (TPSA) is 78.8 Å². The van der Waals surface area contributed by atoms with Gasteiger partial charge >= 0.3 is 0 Å². The summed E-state index contributed by atoms with van der Waals surface area (Å²) in [4.78, 5) is 20.6. The van der Waals surface area contributed by atoms with E-state index in [1.54, 1.807) is 6.20 Å². The number of aromatic nitrogens is 4. The molecule has 0 amide bonds. The summed E-state index contributed by atoms with van der Waals surface area (Å²) in [5.41, 5.74) is 3.80. The van der Waals surface area contributed by atoms with Crippen molar-refractivity contribution < 1.29 is 0 Å². The average molecular weight is 400 g/mol. The van der Waals surface area contributed by atoms with Crippen LogP contribution < -0.4 is 15.8 Å². The fourth-order valence-electron chi connectivity index (χ4n) is 4.29. The Morgan fingerprint density at radius 1 is 1.10 bits per heavy atom. The van der Waals surface area contributed by atoms with Crippen LogP contribution in [0.25, 0.3) is 11.0 Å². The highest BCUT2D eigenvalue weighted by molar-refractivity contribution is 5.74. The first-order chi connectivity index (χ1) is 14.8. The van der Waals surface area contributed by atoms with Gasteiger partial charge in [0, 0.05) is 13.1 Å². The molecule has 0 saturated carbocycles. The molecule has 0 spiro atoms. The van der Waals surface area contributed by atoms with Crippen LogP contribution in [0.4, 0.5) is 11.4 Å². The maximum Gasteiger partial charge on any atom is 0.265 e. The minimum Gasteiger partial charge on any atom is -0.382 e. The van der Waals surface area contributed by atoms with Crippen LogP contribution in [-0.4, -0.2) is 32.8 Å². The first-order valence-electron chi connectivity index (χ1n) is 10.3. The maximum absolute atomic E-state index is 13.4. The Labute approximate surface area is 174 Å². The van der Waals surface area contributed by atoms with Gasteiger partial charge in [0.15, 0.2) is 5.65 Å². The van der Waals surface area contributed by atoms with E-state index in [1.165, 1.54) is 0 Å². The Balaban J connectivity index is 1.67. The van der Waals surface area contributed by atoms with Crippen molar-refractivity contribution in [1.82, 2.24) is 19.7 Å². The summed E-state index contributed by atoms with van der Waals surface area (Å²) in [5.74, 6) is 0.764. The summed E-state index contributed by atoms with van der Waals surface area (Å²) in [5, 5.41) is 10.9. The second kappa shape index (κ2) is 7.67. The van der Waals surface area contributed by atoms with E-state index in [4.69, 9.17) is 4.98 Å². The monoisotopic (exact) mass is 400 g/mol. The minimum atomic E-state index is -0.0607. The van der Waals surface area contributed by atoms with E-state index >= 15 is 0 Å². The zero-order chi connectivity index (χ0) is 20.5. The van der Waals surface area contributed by atoms with Crippen molar-refractivity contribution >= 4 is 22.4 Å². The van der Waals surface area contributed by atoms with E-state index in [-0.39, 0.29) is 11.6 Å². The second-order valence-electron chi connectivity index (χ2n) is 7.54. The van der Waals surface area contributed by atoms with Crippen LogP contribution in [0.3, 0.4) is 0 Å². The van der Waals surface area contributed by atoms with Crippen molar-refractivity contribution in [3.63, 3.8) is 0 Å². The lowest BCUT2D eigenvalue weighted by Gasteiger charge is -2.38. The number of rotatable bonds is 5. The molecule has 1 aliphatic rings. The highest BCUT2D eigenvalue weighted by Gasteiger charge is 2.28. The van der Waals surface area contributed by atoms with Crippen LogP contribution in [0.1, 0.15) is 30.8 Å². The fourth-order valence-corrected chi connectivity index (χ4v) is 4.29. The molecule has 2 aromatic carbocycles. The van der Waals surface area contributed by atoms with Crippen LogP contribution in [0.15, 0.2) is 65.6 Å². The Bertz CT molecular complexity index is 1230. The van der Waals surface area contributed by atoms with Crippen molar-refractivity contribution in [2.45, 2.75) is 25.9 Å². The first kappa shape index (κ1) is 18.4. The van der Waals surface area contributed by atoms with E-state index in [2.05, 4.69) is 39.5 Å². The lowest BCUT2D eigenvalue weighted by atomic mass is 10.1. The van der Waals surface area contributed by atoms with E-state index in [9.17, 15) is 4.79 Å². The molecule has 7 heteroatoms. The van der Waals surface area contributed by atoms with Crippen LogP contribution in [0.5, 0.6) is 0 Å². The lowest BCUT2D eigenvalue weighted by Crippen LogP contribution is -2.40. The molecule has 0 bridgehead atoms. The molecule has 2 aromatic heterocycles. The molecule has 0 radical (unpaired) electrons. The van der Waals surface area contributed by atoms with Gasteiger partial charge in [-0.15, -0.1) is 0 Å². The molecule has 5 rings (SSSR count). The van der Waals surface area contributed by atoms with Gasteiger partial charge in [-0.25, -0.2) is 4.98 Å². The molecule has 0 saturated heterocycles. The number of nitrogens with one attached hydrogen (secondary N) is 2. The number of hydrogen-bond acceptors (Lipinski definition) is 5. The summed E-state index contributed by atoms with van der Waals surface area (Å²) in [6.45, 7) is 4.32. The standard InChI is InChI=1S/C23H24N6O/c1-2-19(28-13-12-24-18-10-6-7-11-20(18)28)22-26-21-17(14-25-27-21)23(30)29(22)15-16-8-4-3-5-9-16/h3-11,14,19,24H,2,12-13,15H2,1H3,(H,25,27). The highest BCUT2D eigenvalue weighted by Crippen LogP contribution is 2.36. The zero-order valence-electron chi connectivity index (χ0n) is 16.9. The predicted octanol–water partition coefficient (Wildman–Crippen LogP) is 3.55. The van der Waals surface area contributed by atoms with Crippen molar-refractivity contribution in [3.05, 3.63) is 82.5 Å². The van der Waals surface area contributed by atoms with Gasteiger partial charge in [-0.05, 0) is 24.1 Å². The number of aromatic amines is 1. The lowest BCUT2D eigenvalue weighted by molar-refractivity contribution is 0.527. The molecule has 0 aliphatic carbocycles. The summed E-state index contributed by atoms with van der Waals surface area (Å²) >= 11 is 0. The van der Waals surface area contributed by atoms with Crippen molar-refractivity contribution in [3.8, 4) is 0 Å². The number of hydrogen-bond donors (Lipinski definition) is 2. The molecule has 0 fully saturated rings. The van der Waals surface area contributed by atoms with Crippen molar-refractivity contribution in [1.29, 1.82) is 0 Å². The van der Waals surface area contributed by atoms with E-state index in [0.717, 1.165) is 42.3 Å². The molecular formula is C23H24N6O. The maximum atomic E-state index is 13.4. The van der Waals surface area contributed by atoms with Gasteiger partial charge in [-0.3, -0.25) is 14.5 Å². The van der Waals surface area contributed by atoms with Gasteiger partial charge in [0.05, 0.1) is 30.2 Å². The summed E-state index contributed by atoms with van der Waals surface area (Å²) in [6.07, 6.45) is 2.40. The van der Waals surface area contributed by atoms with Gasteiger partial charge in [-0.1, -0.05) is 49.4 Å². The third-order valence-corrected chi connectivity index (χ3v) is 5.72. The molecule has 3 heterocycles. The third-order valence-electron chi connectivity index (χ3n) is 5.72. The van der Waals surface area contributed by atoms with E-state index < -0.39 is 0 Å². The Kier molecular flexibility index (Phi) is 4.71. The highest BCUT2D eigenvalue weighted by atomic mass is 16.1. The summed E-state index contributed by atoms with van der Waals surface area (Å²) < 4.78 is 1.81. The van der Waals surface area contributed by atoms with Crippen molar-refractivity contribution in [2.75, 3.05) is 23.3 Å². The van der Waals surface area contributed by atoms with Gasteiger partial charge < -0.3 is 10.2 Å². The quantitative estimate of drug-likeness (QED) is 0.536. The molecule has 152 valence electrons. The van der Waals surface area contributed by atoms with Crippen LogP contribution in [-0.2, 0) is 6.54 Å². The van der Waals surface area contributed by atoms with E-state index in [1.807, 2.05) is 47.0 Å². The Morgan fingerprint density at radius 2 is 1.90 bits per heavy atom. The molecule has 2 N–H and O–H groups in total. The van der Waals surface area contributed by atoms with Gasteiger partial charge in [-0.2, -0.15) is 5.10 Å². The molecule has 1 unspecified atom stereocenters. The average Bonchev–Trinajstić information content (AvgIpc) is 3.26. The van der Waals surface area contributed by atoms with Gasteiger partial charge in [0.25, 0.3) is 5.56 Å². The van der Waals surface area contributed by atoms with Crippen LogP contribution in [0, 0.1) is 0 Å². The molecular weight excluding hydrogens is 376 g/mol. The van der Waals surface area contributed by atoms with Crippen LogP contribution in [0.2, 0.25) is 0 Å². The summed E-state index contributed by atoms with van der Waals surface area (Å²) in [6, 6.07) is 18.3. The Hall–Kier alpha value is -3.61. The molecule has 1 aliphatic heterocycles. The molecule has 4 aromatic rings. The largest absolute Gasteiger partial charge is 0.382 e. The number of H-pyrrole nitrogens is 1. The zero-order valence-corrected chi connectivity index (χ0v) is 16.9. The SMILES string of the molecule is CCC(c1nc2[nH]ncc2c(=O)n1Cc1ccccc1)N1CCNc2ccccc21. The van der Waals surface area contributed by atoms with Gasteiger partial charge in [0.1, 0.15) is 11.2 Å². The second-order valence-corrected chi connectivity index (χ2v) is 7.54. The van der Waals surface area contributed by atoms with Crippen molar-refractivity contribution in [2.24, 2.45) is 0 Å².